The lowest BCUT2D eigenvalue weighted by molar-refractivity contribution is 0.102. The Morgan fingerprint density at radius 1 is 1.16 bits per heavy atom. The third-order valence-electron chi connectivity index (χ3n) is 4.61. The van der Waals surface area contributed by atoms with Gasteiger partial charge in [-0.25, -0.2) is 12.8 Å². The summed E-state index contributed by atoms with van der Waals surface area (Å²) in [5.74, 6) is -0.263. The van der Waals surface area contributed by atoms with Crippen LogP contribution < -0.4 is 15.4 Å². The van der Waals surface area contributed by atoms with Crippen molar-refractivity contribution in [2.24, 2.45) is 7.05 Å². The maximum atomic E-state index is 13.4. The first-order valence-corrected chi connectivity index (χ1v) is 12.0. The van der Waals surface area contributed by atoms with Gasteiger partial charge in [-0.15, -0.1) is 0 Å². The monoisotopic (exact) mass is 460 g/mol. The normalized spacial score (nSPS) is 11.3. The fraction of sp³-hybridized carbons (Fsp3) is 0.273. The number of nitrogens with one attached hydrogen (secondary N) is 2. The Morgan fingerprint density at radius 2 is 1.97 bits per heavy atom. The lowest BCUT2D eigenvalue weighted by Crippen LogP contribution is -2.26. The lowest BCUT2D eigenvalue weighted by Gasteiger charge is -2.14. The van der Waals surface area contributed by atoms with E-state index in [-0.39, 0.29) is 11.3 Å². The highest BCUT2D eigenvalue weighted by molar-refractivity contribution is 7.90. The second kappa shape index (κ2) is 10.4. The molecule has 0 saturated carbocycles. The highest BCUT2D eigenvalue weighted by Crippen LogP contribution is 2.32. The first-order chi connectivity index (χ1) is 15.2. The van der Waals surface area contributed by atoms with Crippen LogP contribution in [-0.2, 0) is 16.9 Å². The molecular formula is C22H25FN4O4S. The first kappa shape index (κ1) is 23.4. The zero-order chi connectivity index (χ0) is 23.1. The molecular weight excluding hydrogens is 435 g/mol. The van der Waals surface area contributed by atoms with Crippen LogP contribution in [0, 0.1) is 5.82 Å². The largest absolute Gasteiger partial charge is 0.492 e. The van der Waals surface area contributed by atoms with Crippen molar-refractivity contribution in [3.05, 3.63) is 66.1 Å². The van der Waals surface area contributed by atoms with Crippen LogP contribution in [0.25, 0.3) is 11.3 Å². The van der Waals surface area contributed by atoms with Gasteiger partial charge in [-0.3, -0.25) is 9.48 Å². The summed E-state index contributed by atoms with van der Waals surface area (Å²) >= 11 is 0. The van der Waals surface area contributed by atoms with E-state index >= 15 is 0 Å². The number of benzene rings is 2. The van der Waals surface area contributed by atoms with Crippen LogP contribution in [0.15, 0.2) is 54.7 Å². The number of aromatic nitrogens is 2. The van der Waals surface area contributed by atoms with Crippen molar-refractivity contribution in [3.8, 4) is 17.0 Å². The number of sulfone groups is 1. The third-order valence-corrected chi connectivity index (χ3v) is 5.55. The summed E-state index contributed by atoms with van der Waals surface area (Å²) in [7, 11) is -1.21. The van der Waals surface area contributed by atoms with Crippen molar-refractivity contribution >= 4 is 21.4 Å². The molecule has 2 aromatic carbocycles. The van der Waals surface area contributed by atoms with Crippen LogP contribution in [0.4, 0.5) is 10.1 Å². The second-order valence-corrected chi connectivity index (χ2v) is 9.50. The van der Waals surface area contributed by atoms with Gasteiger partial charge in [0.15, 0.2) is 0 Å². The molecule has 0 atom stereocenters. The minimum Gasteiger partial charge on any atom is -0.492 e. The summed E-state index contributed by atoms with van der Waals surface area (Å²) in [6, 6.07) is 12.5. The van der Waals surface area contributed by atoms with Crippen LogP contribution in [0.2, 0.25) is 0 Å². The molecule has 10 heteroatoms. The molecule has 0 unspecified atom stereocenters. The molecule has 0 aliphatic heterocycles. The molecule has 0 bridgehead atoms. The lowest BCUT2D eigenvalue weighted by atomic mass is 10.1. The van der Waals surface area contributed by atoms with Crippen LogP contribution in [0.3, 0.4) is 0 Å². The molecule has 0 aliphatic rings. The Kier molecular flexibility index (Phi) is 7.60. The number of carbonyl (C=O) groups excluding carboxylic acids is 1. The standard InChI is InChI=1S/C22H25FN4O4S/c1-27-20(8-9-25-27)19-15-18(26-22(28)16-4-3-5-17(23)14-16)6-7-21(19)31-12-10-24-11-13-32(2,29)30/h3-9,14-15,24H,10-13H2,1-2H3,(H,26,28). The van der Waals surface area contributed by atoms with E-state index in [1.54, 1.807) is 36.1 Å². The van der Waals surface area contributed by atoms with Gasteiger partial charge in [-0.1, -0.05) is 6.07 Å². The summed E-state index contributed by atoms with van der Waals surface area (Å²) in [6.45, 7) is 1.14. The van der Waals surface area contributed by atoms with E-state index < -0.39 is 21.6 Å². The molecule has 0 radical (unpaired) electrons. The van der Waals surface area contributed by atoms with Gasteiger partial charge in [-0.05, 0) is 42.5 Å². The molecule has 2 N–H and O–H groups in total. The SMILES string of the molecule is Cn1nccc1-c1cc(NC(=O)c2cccc(F)c2)ccc1OCCNCCS(C)(=O)=O. The fourth-order valence-electron chi connectivity index (χ4n) is 3.02. The van der Waals surface area contributed by atoms with Gasteiger partial charge in [0.25, 0.3) is 5.91 Å². The van der Waals surface area contributed by atoms with Crippen molar-refractivity contribution in [1.29, 1.82) is 0 Å². The van der Waals surface area contributed by atoms with Crippen molar-refractivity contribution in [2.45, 2.75) is 0 Å². The smallest absolute Gasteiger partial charge is 0.255 e. The molecule has 0 saturated heterocycles. The topological polar surface area (TPSA) is 102 Å². The quantitative estimate of drug-likeness (QED) is 0.451. The number of rotatable bonds is 10. The predicted molar refractivity (Wildman–Crippen MR) is 121 cm³/mol. The number of amides is 1. The Labute approximate surface area is 186 Å². The summed E-state index contributed by atoms with van der Waals surface area (Å²) in [5, 5.41) is 9.99. The number of carbonyl (C=O) groups is 1. The van der Waals surface area contributed by atoms with Gasteiger partial charge in [0, 0.05) is 49.4 Å². The van der Waals surface area contributed by atoms with Crippen LogP contribution in [0.1, 0.15) is 10.4 Å². The van der Waals surface area contributed by atoms with Gasteiger partial charge in [0.1, 0.15) is 28.0 Å². The molecule has 1 amide bonds. The predicted octanol–water partition coefficient (Wildman–Crippen LogP) is 2.49. The maximum Gasteiger partial charge on any atom is 0.255 e. The highest BCUT2D eigenvalue weighted by atomic mass is 32.2. The van der Waals surface area contributed by atoms with Gasteiger partial charge in [0.05, 0.1) is 11.4 Å². The van der Waals surface area contributed by atoms with Crippen molar-refractivity contribution < 1.29 is 22.3 Å². The van der Waals surface area contributed by atoms with E-state index in [1.165, 1.54) is 30.5 Å². The van der Waals surface area contributed by atoms with E-state index in [9.17, 15) is 17.6 Å². The maximum absolute atomic E-state index is 13.4. The molecule has 3 aromatic rings. The minimum absolute atomic E-state index is 0.0625. The molecule has 0 aliphatic carbocycles. The molecule has 0 spiro atoms. The average Bonchev–Trinajstić information content (AvgIpc) is 3.16. The number of hydrogen-bond acceptors (Lipinski definition) is 6. The number of aryl methyl sites for hydroxylation is 1. The van der Waals surface area contributed by atoms with E-state index in [0.717, 1.165) is 11.3 Å². The average molecular weight is 461 g/mol. The van der Waals surface area contributed by atoms with Gasteiger partial charge < -0.3 is 15.4 Å². The molecule has 1 aromatic heterocycles. The Hall–Kier alpha value is -3.24. The summed E-state index contributed by atoms with van der Waals surface area (Å²) in [4.78, 5) is 12.5. The molecule has 0 fully saturated rings. The van der Waals surface area contributed by atoms with E-state index in [1.807, 2.05) is 6.07 Å². The molecule has 8 nitrogen and oxygen atoms in total. The number of nitrogens with zero attached hydrogens (tertiary/aromatic N) is 2. The van der Waals surface area contributed by atoms with Crippen LogP contribution in [0.5, 0.6) is 5.75 Å². The molecule has 3 rings (SSSR count). The van der Waals surface area contributed by atoms with Gasteiger partial charge in [0.2, 0.25) is 0 Å². The van der Waals surface area contributed by atoms with Crippen LogP contribution >= 0.6 is 0 Å². The van der Waals surface area contributed by atoms with Gasteiger partial charge in [-0.2, -0.15) is 5.10 Å². The van der Waals surface area contributed by atoms with Crippen LogP contribution in [-0.4, -0.2) is 55.8 Å². The first-order valence-electron chi connectivity index (χ1n) is 9.93. The zero-order valence-corrected chi connectivity index (χ0v) is 18.7. The summed E-state index contributed by atoms with van der Waals surface area (Å²) in [5.41, 5.74) is 2.24. The number of anilines is 1. The molecule has 1 heterocycles. The van der Waals surface area contributed by atoms with E-state index in [0.29, 0.717) is 31.1 Å². The Balaban J connectivity index is 1.72. The van der Waals surface area contributed by atoms with Crippen molar-refractivity contribution in [1.82, 2.24) is 15.1 Å². The number of ether oxygens (including phenoxy) is 1. The molecule has 170 valence electrons. The fourth-order valence-corrected chi connectivity index (χ4v) is 3.54. The summed E-state index contributed by atoms with van der Waals surface area (Å²) in [6.07, 6.45) is 2.85. The number of hydrogen-bond donors (Lipinski definition) is 2. The van der Waals surface area contributed by atoms with E-state index in [4.69, 9.17) is 4.74 Å². The second-order valence-electron chi connectivity index (χ2n) is 7.24. The Bertz CT molecular complexity index is 1190. The summed E-state index contributed by atoms with van der Waals surface area (Å²) < 4.78 is 43.4. The third kappa shape index (κ3) is 6.63. The van der Waals surface area contributed by atoms with Gasteiger partial charge >= 0.3 is 0 Å². The molecule has 32 heavy (non-hydrogen) atoms. The highest BCUT2D eigenvalue weighted by Gasteiger charge is 2.14. The van der Waals surface area contributed by atoms with E-state index in [2.05, 4.69) is 15.7 Å². The Morgan fingerprint density at radius 3 is 2.66 bits per heavy atom. The zero-order valence-electron chi connectivity index (χ0n) is 17.8. The van der Waals surface area contributed by atoms with Crippen molar-refractivity contribution in [3.63, 3.8) is 0 Å². The minimum atomic E-state index is -3.01. The number of halogens is 1. The van der Waals surface area contributed by atoms with Crippen molar-refractivity contribution in [2.75, 3.05) is 37.0 Å².